The van der Waals surface area contributed by atoms with E-state index in [1.54, 1.807) is 0 Å². The molecule has 0 heterocycles. The van der Waals surface area contributed by atoms with Crippen LogP contribution in [0.2, 0.25) is 0 Å². The molecule has 6 aromatic rings. The van der Waals surface area contributed by atoms with E-state index >= 15 is 0 Å². The van der Waals surface area contributed by atoms with Crippen LogP contribution in [0.4, 0.5) is 0 Å². The van der Waals surface area contributed by atoms with Crippen LogP contribution in [0.1, 0.15) is 154 Å². The first-order valence-corrected chi connectivity index (χ1v) is 28.1. The average Bonchev–Trinajstić information content (AvgIpc) is 3.41. The molecular weight excluding hydrogens is 993 g/mol. The Kier molecular flexibility index (Phi) is 25.4. The molecule has 0 aromatic heterocycles. The van der Waals surface area contributed by atoms with Gasteiger partial charge < -0.3 is 18.9 Å². The van der Waals surface area contributed by atoms with Gasteiger partial charge in [0.1, 0.15) is 23.0 Å². The van der Waals surface area contributed by atoms with Gasteiger partial charge in [-0.15, -0.1) is 0 Å². The lowest BCUT2D eigenvalue weighted by molar-refractivity contribution is -0.134. The summed E-state index contributed by atoms with van der Waals surface area (Å²) in [6.45, 7) is 23.9. The van der Waals surface area contributed by atoms with Gasteiger partial charge in [0.25, 0.3) is 0 Å². The summed E-state index contributed by atoms with van der Waals surface area (Å²) in [7, 11) is 0. The second kappa shape index (κ2) is 32.3. The van der Waals surface area contributed by atoms with Gasteiger partial charge in [-0.1, -0.05) is 179 Å². The molecule has 0 saturated carbocycles. The highest BCUT2D eigenvalue weighted by Gasteiger charge is 2.24. The molecule has 0 spiro atoms. The Morgan fingerprint density at radius 1 is 0.350 bits per heavy atom. The summed E-state index contributed by atoms with van der Waals surface area (Å²) in [4.78, 5) is 50.1. The second-order valence-corrected chi connectivity index (χ2v) is 21.4. The van der Waals surface area contributed by atoms with Gasteiger partial charge in [0.2, 0.25) is 0 Å². The largest absolute Gasteiger partial charge is 0.426 e. The zero-order valence-electron chi connectivity index (χ0n) is 49.6. The van der Waals surface area contributed by atoms with Crippen molar-refractivity contribution in [2.75, 3.05) is 0 Å². The molecule has 8 nitrogen and oxygen atoms in total. The Hall–Kier alpha value is -7.84. The Bertz CT molecular complexity index is 3280. The fraction of sp³-hybridized carbons (Fsp3) is 0.333. The van der Waals surface area contributed by atoms with Crippen LogP contribution < -0.4 is 18.9 Å². The first-order chi connectivity index (χ1) is 38.3. The van der Waals surface area contributed by atoms with E-state index < -0.39 is 0 Å². The van der Waals surface area contributed by atoms with Crippen LogP contribution in [0.15, 0.2) is 179 Å². The summed E-state index contributed by atoms with van der Waals surface area (Å²) >= 11 is 0. The van der Waals surface area contributed by atoms with Gasteiger partial charge in [0.15, 0.2) is 0 Å². The molecule has 0 fully saturated rings. The van der Waals surface area contributed by atoms with E-state index in [4.69, 9.17) is 18.9 Å². The lowest BCUT2D eigenvalue weighted by Gasteiger charge is -2.20. The van der Waals surface area contributed by atoms with Crippen LogP contribution in [0.5, 0.6) is 23.0 Å². The number of hydrogen-bond acceptors (Lipinski definition) is 8. The quantitative estimate of drug-likeness (QED) is 0.0335. The van der Waals surface area contributed by atoms with Gasteiger partial charge in [-0.2, -0.15) is 0 Å². The van der Waals surface area contributed by atoms with Crippen molar-refractivity contribution in [2.45, 2.75) is 160 Å². The number of carbonyl (C=O) groups excluding carboxylic acids is 4. The molecule has 8 heteroatoms. The number of esters is 4. The van der Waals surface area contributed by atoms with E-state index in [-0.39, 0.29) is 36.7 Å². The predicted octanol–water partition coefficient (Wildman–Crippen LogP) is 18.4. The molecule has 420 valence electrons. The number of allylic oxidation sites excluding steroid dienone is 12. The van der Waals surface area contributed by atoms with Crippen molar-refractivity contribution < 1.29 is 38.1 Å². The van der Waals surface area contributed by atoms with E-state index in [0.717, 1.165) is 106 Å². The standard InChI is InChI=1S/C42H46O4.C30H38O4/c1-30(2)16-14-17-31(3)18-15-19-32(4)26-27-36-33(5)41(45-39(43)28-34-20-8-6-9-21-34)37-24-12-13-25-38(37)42(36)46-40(44)29-35-22-10-7-11-23-35;1-20(2)12-10-13-21(3)14-11-15-22(4)18-19-26-23(5)29(33-24(6)31)27-16-8-9-17-28(27)30(26)34-25(7)32/h6-13,16,18,20-26H,14-15,17,19,27-29H2,1-5H3;8-9,12,14,16-18H,10-11,13,15,19H2,1-7H3/b31-18+,32-26+;21-14+,22-18+. The Balaban J connectivity index is 0.000000308. The third-order valence-electron chi connectivity index (χ3n) is 13.8. The molecule has 0 unspecified atom stereocenters. The molecule has 0 radical (unpaired) electrons. The number of benzene rings is 6. The summed E-state index contributed by atoms with van der Waals surface area (Å²) in [5, 5.41) is 3.00. The predicted molar refractivity (Wildman–Crippen MR) is 330 cm³/mol. The fourth-order valence-corrected chi connectivity index (χ4v) is 9.43. The molecule has 0 N–H and O–H groups in total. The van der Waals surface area contributed by atoms with E-state index in [1.807, 2.05) is 123 Å². The van der Waals surface area contributed by atoms with Gasteiger partial charge in [0.05, 0.1) is 12.8 Å². The van der Waals surface area contributed by atoms with Crippen molar-refractivity contribution in [1.29, 1.82) is 0 Å². The van der Waals surface area contributed by atoms with Gasteiger partial charge in [-0.25, -0.2) is 0 Å². The number of fused-ring (bicyclic) bond motifs is 2. The van der Waals surface area contributed by atoms with Gasteiger partial charge in [-0.05, 0) is 156 Å². The minimum atomic E-state index is -0.377. The Labute approximate surface area is 477 Å². The lowest BCUT2D eigenvalue weighted by atomic mass is 9.95. The molecule has 0 saturated heterocycles. The third kappa shape index (κ3) is 20.4. The summed E-state index contributed by atoms with van der Waals surface area (Å²) in [5.41, 5.74) is 13.1. The summed E-state index contributed by atoms with van der Waals surface area (Å²) < 4.78 is 23.5. The first-order valence-electron chi connectivity index (χ1n) is 28.1. The minimum Gasteiger partial charge on any atom is -0.426 e. The highest BCUT2D eigenvalue weighted by molar-refractivity contribution is 6.00. The Morgan fingerprint density at radius 2 is 0.637 bits per heavy atom. The normalized spacial score (nSPS) is 11.8. The molecule has 6 rings (SSSR count). The monoisotopic (exact) mass is 1080 g/mol. The maximum absolute atomic E-state index is 13.3. The molecule has 6 aromatic carbocycles. The lowest BCUT2D eigenvalue weighted by Crippen LogP contribution is -2.15. The molecule has 0 atom stereocenters. The van der Waals surface area contributed by atoms with Crippen molar-refractivity contribution in [3.63, 3.8) is 0 Å². The average molecular weight is 1080 g/mol. The van der Waals surface area contributed by atoms with Crippen LogP contribution in [-0.4, -0.2) is 23.9 Å². The fourth-order valence-electron chi connectivity index (χ4n) is 9.43. The SMILES string of the molecule is CC(=O)Oc1c(C)c(C/C=C(\C)CC/C=C(\C)CCC=C(C)C)c(OC(C)=O)c2ccccc12.CC(C)=CCC/C(C)=C/CC/C(C)=C/Cc1c(C)c(OC(=O)Cc2ccccc2)c2ccccc2c1OC(=O)Cc1ccccc1. The van der Waals surface area contributed by atoms with Crippen LogP contribution >= 0.6 is 0 Å². The summed E-state index contributed by atoms with van der Waals surface area (Å²) in [5.74, 6) is 0.674. The van der Waals surface area contributed by atoms with E-state index in [2.05, 4.69) is 91.8 Å². The molecule has 0 aliphatic heterocycles. The van der Waals surface area contributed by atoms with Crippen molar-refractivity contribution in [3.8, 4) is 23.0 Å². The molecule has 0 amide bonds. The van der Waals surface area contributed by atoms with Gasteiger partial charge >= 0.3 is 23.9 Å². The number of hydrogen-bond donors (Lipinski definition) is 0. The first kappa shape index (κ1) is 63.0. The summed E-state index contributed by atoms with van der Waals surface area (Å²) in [6, 6.07) is 34.4. The molecule has 0 aliphatic carbocycles. The van der Waals surface area contributed by atoms with Crippen LogP contribution in [0, 0.1) is 13.8 Å². The van der Waals surface area contributed by atoms with E-state index in [1.165, 1.54) is 47.3 Å². The topological polar surface area (TPSA) is 105 Å². The van der Waals surface area contributed by atoms with E-state index in [9.17, 15) is 19.2 Å². The zero-order valence-corrected chi connectivity index (χ0v) is 49.6. The van der Waals surface area contributed by atoms with Gasteiger partial charge in [0, 0.05) is 46.5 Å². The molecule has 80 heavy (non-hydrogen) atoms. The van der Waals surface area contributed by atoms with Gasteiger partial charge in [-0.3, -0.25) is 19.2 Å². The maximum atomic E-state index is 13.3. The zero-order chi connectivity index (χ0) is 58.1. The summed E-state index contributed by atoms with van der Waals surface area (Å²) in [6.07, 6.45) is 23.2. The van der Waals surface area contributed by atoms with Crippen LogP contribution in [0.3, 0.4) is 0 Å². The molecule has 0 bridgehead atoms. The smallest absolute Gasteiger partial charge is 0.315 e. The minimum absolute atomic E-state index is 0.162. The number of carbonyl (C=O) groups is 4. The van der Waals surface area contributed by atoms with Crippen molar-refractivity contribution in [1.82, 2.24) is 0 Å². The van der Waals surface area contributed by atoms with E-state index in [0.29, 0.717) is 35.8 Å². The molecular formula is C72H84O8. The highest BCUT2D eigenvalue weighted by Crippen LogP contribution is 2.43. The number of ether oxygens (including phenoxy) is 4. The maximum Gasteiger partial charge on any atom is 0.315 e. The Morgan fingerprint density at radius 3 is 1.00 bits per heavy atom. The van der Waals surface area contributed by atoms with Crippen molar-refractivity contribution >= 4 is 45.4 Å². The molecule has 0 aliphatic rings. The van der Waals surface area contributed by atoms with Crippen molar-refractivity contribution in [3.05, 3.63) is 212 Å². The van der Waals surface area contributed by atoms with Crippen molar-refractivity contribution in [2.24, 2.45) is 0 Å². The highest BCUT2D eigenvalue weighted by atomic mass is 16.5. The number of rotatable bonds is 24. The second-order valence-electron chi connectivity index (χ2n) is 21.4. The third-order valence-corrected chi connectivity index (χ3v) is 13.8. The van der Waals surface area contributed by atoms with Crippen LogP contribution in [0.25, 0.3) is 21.5 Å². The van der Waals surface area contributed by atoms with Crippen LogP contribution in [-0.2, 0) is 44.9 Å².